The minimum absolute atomic E-state index is 0.0424. The van der Waals surface area contributed by atoms with Crippen molar-refractivity contribution in [3.63, 3.8) is 0 Å². The Morgan fingerprint density at radius 1 is 1.39 bits per heavy atom. The second-order valence-electron chi connectivity index (χ2n) is 6.58. The molecule has 1 aromatic carbocycles. The number of nitrogens with zero attached hydrogens (tertiary/aromatic N) is 1. The lowest BCUT2D eigenvalue weighted by atomic mass is 10.1. The Hall–Kier alpha value is -0.760. The van der Waals surface area contributed by atoms with Gasteiger partial charge in [0.15, 0.2) is 0 Å². The first kappa shape index (κ1) is 18.6. The summed E-state index contributed by atoms with van der Waals surface area (Å²) in [4.78, 5) is 12.5. The monoisotopic (exact) mass is 376 g/mol. The van der Waals surface area contributed by atoms with E-state index >= 15 is 0 Å². The highest BCUT2D eigenvalue weighted by atomic mass is 35.5. The average Bonchev–Trinajstić information content (AvgIpc) is 2.85. The number of hydrogen-bond donors (Lipinski definition) is 1. The molecule has 1 aliphatic heterocycles. The van der Waals surface area contributed by atoms with E-state index in [0.717, 1.165) is 5.56 Å². The molecule has 128 valence electrons. The van der Waals surface area contributed by atoms with Gasteiger partial charge in [-0.05, 0) is 45.4 Å². The normalized spacial score (nSPS) is 19.8. The number of benzene rings is 1. The summed E-state index contributed by atoms with van der Waals surface area (Å²) < 4.78 is 27.0. The Morgan fingerprint density at radius 2 is 2.04 bits per heavy atom. The van der Waals surface area contributed by atoms with E-state index in [1.54, 1.807) is 12.1 Å². The third-order valence-corrected chi connectivity index (χ3v) is 6.83. The fourth-order valence-electron chi connectivity index (χ4n) is 2.27. The number of aryl methyl sites for hydroxylation is 1. The topological polar surface area (TPSA) is 66.5 Å². The maximum atomic E-state index is 12.9. The quantitative estimate of drug-likeness (QED) is 0.880. The van der Waals surface area contributed by atoms with Crippen LogP contribution in [-0.4, -0.2) is 41.8 Å². The molecule has 0 aliphatic carbocycles. The molecule has 0 aromatic heterocycles. The molecule has 0 spiro atoms. The van der Waals surface area contributed by atoms with Gasteiger partial charge in [0.2, 0.25) is 15.9 Å². The molecule has 8 heteroatoms. The number of thioether (sulfide) groups is 1. The highest BCUT2D eigenvalue weighted by Gasteiger charge is 2.41. The van der Waals surface area contributed by atoms with Gasteiger partial charge in [0.25, 0.3) is 0 Å². The number of sulfonamides is 1. The first-order valence-electron chi connectivity index (χ1n) is 7.20. The summed E-state index contributed by atoms with van der Waals surface area (Å²) in [5.74, 6) is 0.397. The highest BCUT2D eigenvalue weighted by molar-refractivity contribution is 8.00. The van der Waals surface area contributed by atoms with Gasteiger partial charge in [-0.1, -0.05) is 17.7 Å². The van der Waals surface area contributed by atoms with Crippen LogP contribution in [0.5, 0.6) is 0 Å². The van der Waals surface area contributed by atoms with Crippen molar-refractivity contribution >= 4 is 39.3 Å². The summed E-state index contributed by atoms with van der Waals surface area (Å²) in [6, 6.07) is 4.09. The number of carbonyl (C=O) groups is 1. The molecule has 0 bridgehead atoms. The molecule has 1 amide bonds. The number of halogens is 1. The Bertz CT molecular complexity index is 714. The fraction of sp³-hybridized carbons (Fsp3) is 0.533. The Kier molecular flexibility index (Phi) is 5.35. The van der Waals surface area contributed by atoms with Crippen LogP contribution < -0.4 is 5.32 Å². The van der Waals surface area contributed by atoms with Gasteiger partial charge in [0.1, 0.15) is 10.9 Å². The van der Waals surface area contributed by atoms with Gasteiger partial charge in [-0.2, -0.15) is 4.31 Å². The lowest BCUT2D eigenvalue weighted by molar-refractivity contribution is -0.125. The molecular formula is C15H21ClN2O3S2. The predicted molar refractivity (Wildman–Crippen MR) is 94.2 cm³/mol. The summed E-state index contributed by atoms with van der Waals surface area (Å²) in [5.41, 5.74) is 0.466. The van der Waals surface area contributed by atoms with Crippen LogP contribution in [-0.2, 0) is 14.8 Å². The molecule has 1 fully saturated rings. The zero-order chi connectivity index (χ0) is 17.4. The maximum Gasteiger partial charge on any atom is 0.246 e. The minimum Gasteiger partial charge on any atom is -0.350 e. The average molecular weight is 377 g/mol. The van der Waals surface area contributed by atoms with Gasteiger partial charge in [-0.25, -0.2) is 8.42 Å². The van der Waals surface area contributed by atoms with Gasteiger partial charge in [-0.3, -0.25) is 4.79 Å². The minimum atomic E-state index is -3.82. The van der Waals surface area contributed by atoms with Crippen molar-refractivity contribution < 1.29 is 13.2 Å². The zero-order valence-corrected chi connectivity index (χ0v) is 16.0. The fourth-order valence-corrected chi connectivity index (χ4v) is 5.99. The van der Waals surface area contributed by atoms with Crippen LogP contribution in [0.1, 0.15) is 26.3 Å². The summed E-state index contributed by atoms with van der Waals surface area (Å²) in [6.07, 6.45) is 0. The molecule has 1 unspecified atom stereocenters. The third-order valence-electron chi connectivity index (χ3n) is 3.32. The molecular weight excluding hydrogens is 356 g/mol. The van der Waals surface area contributed by atoms with Crippen LogP contribution in [0.15, 0.2) is 23.1 Å². The van der Waals surface area contributed by atoms with E-state index in [4.69, 9.17) is 11.6 Å². The SMILES string of the molecule is Cc1ccc(S(=O)(=O)N2CSCC2C(=O)NC(C)(C)C)c(Cl)c1. The Balaban J connectivity index is 2.33. The van der Waals surface area contributed by atoms with Crippen LogP contribution in [0.3, 0.4) is 0 Å². The highest BCUT2D eigenvalue weighted by Crippen LogP contribution is 2.32. The zero-order valence-electron chi connectivity index (χ0n) is 13.6. The lowest BCUT2D eigenvalue weighted by Crippen LogP contribution is -2.52. The molecule has 1 aliphatic rings. The largest absolute Gasteiger partial charge is 0.350 e. The van der Waals surface area contributed by atoms with E-state index < -0.39 is 21.6 Å². The number of nitrogens with one attached hydrogen (secondary N) is 1. The molecule has 1 atom stereocenters. The van der Waals surface area contributed by atoms with Crippen LogP contribution >= 0.6 is 23.4 Å². The molecule has 23 heavy (non-hydrogen) atoms. The van der Waals surface area contributed by atoms with Gasteiger partial charge in [-0.15, -0.1) is 11.8 Å². The van der Waals surface area contributed by atoms with Crippen molar-refractivity contribution in [1.82, 2.24) is 9.62 Å². The van der Waals surface area contributed by atoms with Crippen molar-refractivity contribution in [2.24, 2.45) is 0 Å². The molecule has 2 rings (SSSR count). The molecule has 1 heterocycles. The number of rotatable bonds is 3. The number of hydrogen-bond acceptors (Lipinski definition) is 4. The standard InChI is InChI=1S/C15H21ClN2O3S2/c1-10-5-6-13(11(16)7-10)23(20,21)18-9-22-8-12(18)14(19)17-15(2,3)4/h5-7,12H,8-9H2,1-4H3,(H,17,19). The Labute approximate surface area is 146 Å². The smallest absolute Gasteiger partial charge is 0.246 e. The van der Waals surface area contributed by atoms with E-state index in [0.29, 0.717) is 5.75 Å². The Morgan fingerprint density at radius 3 is 2.61 bits per heavy atom. The molecule has 1 aromatic rings. The second kappa shape index (κ2) is 6.63. The van der Waals surface area contributed by atoms with E-state index in [-0.39, 0.29) is 21.7 Å². The van der Waals surface area contributed by atoms with Crippen LogP contribution in [0.2, 0.25) is 5.02 Å². The molecule has 1 saturated heterocycles. The first-order valence-corrected chi connectivity index (χ1v) is 10.2. The predicted octanol–water partition coefficient (Wildman–Crippen LogP) is 2.63. The van der Waals surface area contributed by atoms with Gasteiger partial charge < -0.3 is 5.32 Å². The molecule has 0 saturated carbocycles. The van der Waals surface area contributed by atoms with E-state index in [9.17, 15) is 13.2 Å². The van der Waals surface area contributed by atoms with Gasteiger partial charge >= 0.3 is 0 Å². The van der Waals surface area contributed by atoms with Crippen molar-refractivity contribution in [2.45, 2.75) is 44.2 Å². The summed E-state index contributed by atoms with van der Waals surface area (Å²) >= 11 is 7.53. The third kappa shape index (κ3) is 4.21. The van der Waals surface area contributed by atoms with Crippen LogP contribution in [0.25, 0.3) is 0 Å². The van der Waals surface area contributed by atoms with Crippen molar-refractivity contribution in [2.75, 3.05) is 11.6 Å². The number of carbonyl (C=O) groups excluding carboxylic acids is 1. The summed E-state index contributed by atoms with van der Waals surface area (Å²) in [6.45, 7) is 7.43. The molecule has 5 nitrogen and oxygen atoms in total. The molecule has 1 N–H and O–H groups in total. The lowest BCUT2D eigenvalue weighted by Gasteiger charge is -2.27. The molecule has 0 radical (unpaired) electrons. The van der Waals surface area contributed by atoms with Crippen molar-refractivity contribution in [3.05, 3.63) is 28.8 Å². The van der Waals surface area contributed by atoms with Gasteiger partial charge in [0.05, 0.1) is 10.9 Å². The second-order valence-corrected chi connectivity index (χ2v) is 9.85. The maximum absolute atomic E-state index is 12.9. The van der Waals surface area contributed by atoms with E-state index in [1.807, 2.05) is 27.7 Å². The van der Waals surface area contributed by atoms with Gasteiger partial charge in [0, 0.05) is 11.3 Å². The number of amides is 1. The summed E-state index contributed by atoms with van der Waals surface area (Å²) in [5, 5.41) is 3.02. The van der Waals surface area contributed by atoms with E-state index in [2.05, 4.69) is 5.32 Å². The van der Waals surface area contributed by atoms with Crippen molar-refractivity contribution in [3.8, 4) is 0 Å². The van der Waals surface area contributed by atoms with E-state index in [1.165, 1.54) is 22.1 Å². The first-order chi connectivity index (χ1) is 10.5. The summed E-state index contributed by atoms with van der Waals surface area (Å²) in [7, 11) is -3.82. The van der Waals surface area contributed by atoms with Crippen LogP contribution in [0.4, 0.5) is 0 Å². The van der Waals surface area contributed by atoms with Crippen molar-refractivity contribution in [1.29, 1.82) is 0 Å². The van der Waals surface area contributed by atoms with Crippen LogP contribution in [0, 0.1) is 6.92 Å².